The Balaban J connectivity index is 1.89. The van der Waals surface area contributed by atoms with Gasteiger partial charge in [0.15, 0.2) is 0 Å². The molecule has 3 N–H and O–H groups in total. The smallest absolute Gasteiger partial charge is 0.303 e. The summed E-state index contributed by atoms with van der Waals surface area (Å²) >= 11 is 0. The molecule has 0 spiro atoms. The Morgan fingerprint density at radius 2 is 1.26 bits per heavy atom. The summed E-state index contributed by atoms with van der Waals surface area (Å²) in [6.07, 6.45) is 1.51. The zero-order valence-electron chi connectivity index (χ0n) is 15.2. The van der Waals surface area contributed by atoms with E-state index in [-0.39, 0.29) is 6.42 Å². The standard InChI is InChI=1S/C24H23NO2/c25-16-24(15-23(26)27)13-21-19(17-7-3-1-4-8-17)11-12-20(22(21)14-24)18-9-5-2-6-10-18/h1-12H,13-16,25H2,(H,26,27). The minimum Gasteiger partial charge on any atom is -0.481 e. The maximum absolute atomic E-state index is 11.5. The molecule has 0 aliphatic heterocycles. The molecule has 0 amide bonds. The number of benzene rings is 3. The number of carbonyl (C=O) groups is 1. The van der Waals surface area contributed by atoms with Crippen LogP contribution in [0.2, 0.25) is 0 Å². The Morgan fingerprint density at radius 1 is 0.815 bits per heavy atom. The molecule has 0 radical (unpaired) electrons. The summed E-state index contributed by atoms with van der Waals surface area (Å²) in [7, 11) is 0. The second-order valence-electron chi connectivity index (χ2n) is 7.48. The Hall–Kier alpha value is -2.91. The van der Waals surface area contributed by atoms with E-state index in [1.807, 2.05) is 36.4 Å². The average Bonchev–Trinajstić information content (AvgIpc) is 3.07. The fourth-order valence-electron chi connectivity index (χ4n) is 4.35. The predicted molar refractivity (Wildman–Crippen MR) is 108 cm³/mol. The lowest BCUT2D eigenvalue weighted by Gasteiger charge is -2.25. The lowest BCUT2D eigenvalue weighted by molar-refractivity contribution is -0.139. The van der Waals surface area contributed by atoms with E-state index in [4.69, 9.17) is 5.73 Å². The molecule has 0 bridgehead atoms. The normalized spacial score (nSPS) is 14.7. The third-order valence-corrected chi connectivity index (χ3v) is 5.66. The SMILES string of the molecule is NCC1(CC(=O)O)Cc2c(-c3ccccc3)ccc(-c3ccccc3)c2C1. The molecule has 0 aromatic heterocycles. The fraction of sp³-hybridized carbons (Fsp3) is 0.208. The van der Waals surface area contributed by atoms with E-state index in [2.05, 4.69) is 36.4 Å². The number of rotatable bonds is 5. The van der Waals surface area contributed by atoms with Crippen LogP contribution in [0, 0.1) is 5.41 Å². The summed E-state index contributed by atoms with van der Waals surface area (Å²) in [6, 6.07) is 24.9. The lowest BCUT2D eigenvalue weighted by atomic mass is 9.81. The zero-order chi connectivity index (χ0) is 18.9. The molecule has 0 atom stereocenters. The number of hydrogen-bond donors (Lipinski definition) is 2. The van der Waals surface area contributed by atoms with Gasteiger partial charge in [0.25, 0.3) is 0 Å². The average molecular weight is 357 g/mol. The first-order valence-electron chi connectivity index (χ1n) is 9.29. The van der Waals surface area contributed by atoms with E-state index in [1.54, 1.807) is 0 Å². The third kappa shape index (κ3) is 3.26. The van der Waals surface area contributed by atoms with E-state index < -0.39 is 11.4 Å². The predicted octanol–water partition coefficient (Wildman–Crippen LogP) is 4.54. The molecule has 0 fully saturated rings. The van der Waals surface area contributed by atoms with Crippen LogP contribution in [0.1, 0.15) is 17.5 Å². The largest absolute Gasteiger partial charge is 0.481 e. The maximum Gasteiger partial charge on any atom is 0.303 e. The highest BCUT2D eigenvalue weighted by atomic mass is 16.4. The van der Waals surface area contributed by atoms with E-state index >= 15 is 0 Å². The van der Waals surface area contributed by atoms with Crippen molar-refractivity contribution in [2.75, 3.05) is 6.54 Å². The quantitative estimate of drug-likeness (QED) is 0.705. The molecular weight excluding hydrogens is 334 g/mol. The molecule has 1 aliphatic rings. The second kappa shape index (κ2) is 7.01. The molecule has 4 rings (SSSR count). The molecule has 1 aliphatic carbocycles. The summed E-state index contributed by atoms with van der Waals surface area (Å²) in [5, 5.41) is 9.47. The van der Waals surface area contributed by atoms with Gasteiger partial charge in [0.1, 0.15) is 0 Å². The van der Waals surface area contributed by atoms with Gasteiger partial charge in [-0.1, -0.05) is 72.8 Å². The molecule has 3 heteroatoms. The van der Waals surface area contributed by atoms with Gasteiger partial charge in [0, 0.05) is 5.41 Å². The lowest BCUT2D eigenvalue weighted by Crippen LogP contribution is -2.33. The molecular formula is C24H23NO2. The Morgan fingerprint density at radius 3 is 1.63 bits per heavy atom. The van der Waals surface area contributed by atoms with Crippen molar-refractivity contribution in [3.8, 4) is 22.3 Å². The number of fused-ring (bicyclic) bond motifs is 1. The van der Waals surface area contributed by atoms with Crippen molar-refractivity contribution < 1.29 is 9.90 Å². The third-order valence-electron chi connectivity index (χ3n) is 5.66. The van der Waals surface area contributed by atoms with Gasteiger partial charge in [-0.05, 0) is 52.8 Å². The van der Waals surface area contributed by atoms with Crippen molar-refractivity contribution in [3.05, 3.63) is 83.9 Å². The first-order valence-corrected chi connectivity index (χ1v) is 9.29. The Labute approximate surface area is 159 Å². The summed E-state index contributed by atoms with van der Waals surface area (Å²) in [5.41, 5.74) is 12.9. The van der Waals surface area contributed by atoms with Crippen LogP contribution in [0.25, 0.3) is 22.3 Å². The van der Waals surface area contributed by atoms with Gasteiger partial charge in [-0.25, -0.2) is 0 Å². The summed E-state index contributed by atoms with van der Waals surface area (Å²) in [6.45, 7) is 0.371. The van der Waals surface area contributed by atoms with Crippen LogP contribution in [0.15, 0.2) is 72.8 Å². The van der Waals surface area contributed by atoms with Gasteiger partial charge in [-0.2, -0.15) is 0 Å². The number of carboxylic acids is 1. The number of aliphatic carboxylic acids is 1. The van der Waals surface area contributed by atoms with Gasteiger partial charge >= 0.3 is 5.97 Å². The van der Waals surface area contributed by atoms with Gasteiger partial charge in [0.05, 0.1) is 6.42 Å². The van der Waals surface area contributed by atoms with Crippen molar-refractivity contribution in [2.45, 2.75) is 19.3 Å². The summed E-state index contributed by atoms with van der Waals surface area (Å²) in [5.74, 6) is -0.782. The number of nitrogens with two attached hydrogens (primary N) is 1. The van der Waals surface area contributed by atoms with Crippen molar-refractivity contribution in [2.24, 2.45) is 11.1 Å². The minimum atomic E-state index is -0.782. The Kier molecular flexibility index (Phi) is 4.54. The van der Waals surface area contributed by atoms with Crippen LogP contribution in [-0.4, -0.2) is 17.6 Å². The summed E-state index contributed by atoms with van der Waals surface area (Å²) in [4.78, 5) is 11.5. The monoisotopic (exact) mass is 357 g/mol. The van der Waals surface area contributed by atoms with E-state index in [1.165, 1.54) is 22.3 Å². The molecule has 136 valence electrons. The Bertz CT molecular complexity index is 896. The van der Waals surface area contributed by atoms with E-state index in [9.17, 15) is 9.90 Å². The van der Waals surface area contributed by atoms with Crippen LogP contribution < -0.4 is 5.73 Å². The van der Waals surface area contributed by atoms with Crippen molar-refractivity contribution >= 4 is 5.97 Å². The molecule has 3 aromatic rings. The van der Waals surface area contributed by atoms with Gasteiger partial charge < -0.3 is 10.8 Å². The van der Waals surface area contributed by atoms with Gasteiger partial charge in [-0.3, -0.25) is 4.79 Å². The van der Waals surface area contributed by atoms with Crippen molar-refractivity contribution in [1.82, 2.24) is 0 Å². The fourth-order valence-corrected chi connectivity index (χ4v) is 4.35. The van der Waals surface area contributed by atoms with Crippen LogP contribution in [0.3, 0.4) is 0 Å². The molecule has 3 aromatic carbocycles. The van der Waals surface area contributed by atoms with Gasteiger partial charge in [-0.15, -0.1) is 0 Å². The van der Waals surface area contributed by atoms with Gasteiger partial charge in [0.2, 0.25) is 0 Å². The first kappa shape index (κ1) is 17.5. The molecule has 0 unspecified atom stereocenters. The van der Waals surface area contributed by atoms with Crippen molar-refractivity contribution in [1.29, 1.82) is 0 Å². The van der Waals surface area contributed by atoms with Crippen LogP contribution >= 0.6 is 0 Å². The maximum atomic E-state index is 11.5. The molecule has 0 saturated heterocycles. The van der Waals surface area contributed by atoms with E-state index in [0.29, 0.717) is 19.4 Å². The van der Waals surface area contributed by atoms with Crippen LogP contribution in [0.5, 0.6) is 0 Å². The highest BCUT2D eigenvalue weighted by Crippen LogP contribution is 2.46. The van der Waals surface area contributed by atoms with E-state index in [0.717, 1.165) is 11.1 Å². The van der Waals surface area contributed by atoms with Crippen molar-refractivity contribution in [3.63, 3.8) is 0 Å². The highest BCUT2D eigenvalue weighted by Gasteiger charge is 2.40. The number of hydrogen-bond acceptors (Lipinski definition) is 2. The molecule has 3 nitrogen and oxygen atoms in total. The van der Waals surface area contributed by atoms with Crippen LogP contribution in [0.4, 0.5) is 0 Å². The minimum absolute atomic E-state index is 0.0979. The molecule has 0 saturated carbocycles. The molecule has 27 heavy (non-hydrogen) atoms. The van der Waals surface area contributed by atoms with Crippen LogP contribution in [-0.2, 0) is 17.6 Å². The highest BCUT2D eigenvalue weighted by molar-refractivity contribution is 5.79. The zero-order valence-corrected chi connectivity index (χ0v) is 15.2. The second-order valence-corrected chi connectivity index (χ2v) is 7.48. The topological polar surface area (TPSA) is 63.3 Å². The number of carboxylic acid groups (broad SMARTS) is 1. The molecule has 0 heterocycles. The first-order chi connectivity index (χ1) is 13.1. The summed E-state index contributed by atoms with van der Waals surface area (Å²) < 4.78 is 0.